The van der Waals surface area contributed by atoms with E-state index in [0.717, 1.165) is 4.60 Å². The summed E-state index contributed by atoms with van der Waals surface area (Å²) in [5.74, 6) is 0. The molecule has 0 aliphatic heterocycles. The predicted octanol–water partition coefficient (Wildman–Crippen LogP) is 2.63. The van der Waals surface area contributed by atoms with E-state index in [2.05, 4.69) is 34.8 Å². The number of ether oxygens (including phenoxy) is 1. The van der Waals surface area contributed by atoms with Crippen LogP contribution in [0.15, 0.2) is 10.8 Å². The summed E-state index contributed by atoms with van der Waals surface area (Å²) in [5, 5.41) is 0. The summed E-state index contributed by atoms with van der Waals surface area (Å²) < 4.78 is 8.30. The van der Waals surface area contributed by atoms with Crippen molar-refractivity contribution in [3.8, 4) is 6.01 Å². The Bertz CT molecular complexity index is 258. The van der Waals surface area contributed by atoms with Gasteiger partial charge < -0.3 is 4.74 Å². The summed E-state index contributed by atoms with van der Waals surface area (Å²) in [5.41, 5.74) is 0. The third-order valence-electron chi connectivity index (χ3n) is 1.51. The lowest BCUT2D eigenvalue weighted by Gasteiger charge is -2.11. The van der Waals surface area contributed by atoms with Crippen LogP contribution in [0.2, 0.25) is 0 Å². The van der Waals surface area contributed by atoms with Gasteiger partial charge in [-0.2, -0.15) is 0 Å². The highest BCUT2D eigenvalue weighted by Crippen LogP contribution is 2.23. The molecule has 0 aromatic carbocycles. The minimum atomic E-state index is 0.364. The van der Waals surface area contributed by atoms with Crippen molar-refractivity contribution in [3.63, 3.8) is 0 Å². The first-order valence-electron chi connectivity index (χ1n) is 4.02. The van der Waals surface area contributed by atoms with Gasteiger partial charge in [-0.05, 0) is 36.7 Å². The zero-order valence-electron chi connectivity index (χ0n) is 7.54. The van der Waals surface area contributed by atoms with Crippen LogP contribution < -0.4 is 4.74 Å². The molecule has 0 spiro atoms. The molecule has 0 saturated carbocycles. The van der Waals surface area contributed by atoms with E-state index in [9.17, 15) is 0 Å². The van der Waals surface area contributed by atoms with Crippen molar-refractivity contribution in [2.45, 2.75) is 26.8 Å². The van der Waals surface area contributed by atoms with E-state index < -0.39 is 0 Å². The van der Waals surface area contributed by atoms with E-state index in [4.69, 9.17) is 4.74 Å². The number of nitrogens with zero attached hydrogens (tertiary/aromatic N) is 2. The molecule has 1 aromatic heterocycles. The maximum atomic E-state index is 5.34. The molecule has 0 amide bonds. The Labute approximate surface area is 80.9 Å². The van der Waals surface area contributed by atoms with Crippen LogP contribution in [0.3, 0.4) is 0 Å². The lowest BCUT2D eigenvalue weighted by molar-refractivity contribution is 0.288. The van der Waals surface area contributed by atoms with Gasteiger partial charge in [0.25, 0.3) is 6.01 Å². The number of hydrogen-bond donors (Lipinski definition) is 0. The Morgan fingerprint density at radius 1 is 1.67 bits per heavy atom. The van der Waals surface area contributed by atoms with Gasteiger partial charge in [-0.3, -0.25) is 4.57 Å². The van der Waals surface area contributed by atoms with E-state index in [0.29, 0.717) is 18.7 Å². The molecule has 0 unspecified atom stereocenters. The molecule has 1 aromatic rings. The van der Waals surface area contributed by atoms with E-state index in [1.54, 1.807) is 6.20 Å². The molecule has 1 rings (SSSR count). The van der Waals surface area contributed by atoms with Crippen molar-refractivity contribution >= 4 is 15.9 Å². The fourth-order valence-electron chi connectivity index (χ4n) is 1.03. The van der Waals surface area contributed by atoms with Gasteiger partial charge in [0.05, 0.1) is 12.8 Å². The number of imidazole rings is 1. The van der Waals surface area contributed by atoms with Crippen molar-refractivity contribution < 1.29 is 4.74 Å². The lowest BCUT2D eigenvalue weighted by atomic mass is 10.4. The smallest absolute Gasteiger partial charge is 0.297 e. The van der Waals surface area contributed by atoms with Gasteiger partial charge in [-0.1, -0.05) is 0 Å². The van der Waals surface area contributed by atoms with Gasteiger partial charge >= 0.3 is 0 Å². The Balaban J connectivity index is 2.95. The van der Waals surface area contributed by atoms with Crippen LogP contribution in [0.25, 0.3) is 0 Å². The van der Waals surface area contributed by atoms with Gasteiger partial charge in [-0.25, -0.2) is 4.98 Å². The molecule has 3 nitrogen and oxygen atoms in total. The Morgan fingerprint density at radius 3 is 2.83 bits per heavy atom. The van der Waals surface area contributed by atoms with Gasteiger partial charge in [0.15, 0.2) is 0 Å². The van der Waals surface area contributed by atoms with E-state index >= 15 is 0 Å². The predicted molar refractivity (Wildman–Crippen MR) is 51.5 cm³/mol. The third kappa shape index (κ3) is 1.80. The van der Waals surface area contributed by atoms with Crippen molar-refractivity contribution in [1.29, 1.82) is 0 Å². The summed E-state index contributed by atoms with van der Waals surface area (Å²) in [4.78, 5) is 4.12. The molecule has 68 valence electrons. The van der Waals surface area contributed by atoms with Crippen LogP contribution in [-0.4, -0.2) is 16.2 Å². The van der Waals surface area contributed by atoms with E-state index in [-0.39, 0.29) is 0 Å². The second-order valence-electron chi connectivity index (χ2n) is 2.76. The quantitative estimate of drug-likeness (QED) is 0.802. The number of aromatic nitrogens is 2. The average molecular weight is 233 g/mol. The highest BCUT2D eigenvalue weighted by molar-refractivity contribution is 9.10. The first-order chi connectivity index (χ1) is 5.66. The first-order valence-corrected chi connectivity index (χ1v) is 4.81. The molecule has 0 aliphatic rings. The van der Waals surface area contributed by atoms with Crippen LogP contribution in [-0.2, 0) is 0 Å². The number of rotatable bonds is 3. The zero-order valence-corrected chi connectivity index (χ0v) is 9.13. The van der Waals surface area contributed by atoms with E-state index in [1.807, 2.05) is 11.5 Å². The summed E-state index contributed by atoms with van der Waals surface area (Å²) in [6, 6.07) is 1.04. The molecule has 12 heavy (non-hydrogen) atoms. The fraction of sp³-hybridized carbons (Fsp3) is 0.625. The molecule has 0 aliphatic carbocycles. The highest BCUT2D eigenvalue weighted by Gasteiger charge is 2.10. The lowest BCUT2D eigenvalue weighted by Crippen LogP contribution is -2.05. The zero-order chi connectivity index (χ0) is 9.14. The standard InChI is InChI=1S/C8H13BrN2O/c1-4-12-8-10-5-7(9)11(8)6(2)3/h5-6H,4H2,1-3H3. The van der Waals surface area contributed by atoms with E-state index in [1.165, 1.54) is 0 Å². The van der Waals surface area contributed by atoms with Crippen LogP contribution in [0, 0.1) is 0 Å². The Hall–Kier alpha value is -0.510. The van der Waals surface area contributed by atoms with Gasteiger partial charge in [0.2, 0.25) is 0 Å². The first kappa shape index (κ1) is 9.58. The van der Waals surface area contributed by atoms with Crippen molar-refractivity contribution in [3.05, 3.63) is 10.8 Å². The molecule has 0 N–H and O–H groups in total. The van der Waals surface area contributed by atoms with Crippen LogP contribution in [0.5, 0.6) is 6.01 Å². The molecule has 4 heteroatoms. The molecular weight excluding hydrogens is 220 g/mol. The van der Waals surface area contributed by atoms with Gasteiger partial charge in [-0.15, -0.1) is 0 Å². The van der Waals surface area contributed by atoms with Crippen molar-refractivity contribution in [2.75, 3.05) is 6.61 Å². The Morgan fingerprint density at radius 2 is 2.33 bits per heavy atom. The SMILES string of the molecule is CCOc1ncc(Br)n1C(C)C. The Kier molecular flexibility index (Phi) is 3.14. The second kappa shape index (κ2) is 3.94. The molecule has 0 radical (unpaired) electrons. The maximum Gasteiger partial charge on any atom is 0.297 e. The van der Waals surface area contributed by atoms with Crippen LogP contribution in [0.4, 0.5) is 0 Å². The summed E-state index contributed by atoms with van der Waals surface area (Å²) >= 11 is 3.41. The molecular formula is C8H13BrN2O. The fourth-order valence-corrected chi connectivity index (χ4v) is 1.69. The number of halogens is 1. The topological polar surface area (TPSA) is 27.1 Å². The molecule has 0 bridgehead atoms. The molecule has 0 atom stereocenters. The monoisotopic (exact) mass is 232 g/mol. The summed E-state index contributed by atoms with van der Waals surface area (Å²) in [6.45, 7) is 6.79. The third-order valence-corrected chi connectivity index (χ3v) is 2.09. The number of hydrogen-bond acceptors (Lipinski definition) is 2. The highest BCUT2D eigenvalue weighted by atomic mass is 79.9. The van der Waals surface area contributed by atoms with Crippen molar-refractivity contribution in [1.82, 2.24) is 9.55 Å². The molecule has 1 heterocycles. The van der Waals surface area contributed by atoms with Crippen LogP contribution >= 0.6 is 15.9 Å². The summed E-state index contributed by atoms with van der Waals surface area (Å²) in [7, 11) is 0. The normalized spacial score (nSPS) is 10.8. The average Bonchev–Trinajstić information content (AvgIpc) is 2.32. The van der Waals surface area contributed by atoms with Gasteiger partial charge in [0.1, 0.15) is 4.60 Å². The maximum absolute atomic E-state index is 5.34. The molecule has 0 saturated heterocycles. The largest absolute Gasteiger partial charge is 0.465 e. The van der Waals surface area contributed by atoms with Crippen LogP contribution in [0.1, 0.15) is 26.8 Å². The second-order valence-corrected chi connectivity index (χ2v) is 3.57. The summed E-state index contributed by atoms with van der Waals surface area (Å²) in [6.07, 6.45) is 1.75. The minimum absolute atomic E-state index is 0.364. The minimum Gasteiger partial charge on any atom is -0.465 e. The molecule has 0 fully saturated rings. The van der Waals surface area contributed by atoms with Crippen molar-refractivity contribution in [2.24, 2.45) is 0 Å². The van der Waals surface area contributed by atoms with Gasteiger partial charge in [0, 0.05) is 6.04 Å².